The van der Waals surface area contributed by atoms with Crippen molar-refractivity contribution in [3.05, 3.63) is 47.6 Å². The van der Waals surface area contributed by atoms with Crippen LogP contribution in [0.4, 0.5) is 0 Å². The molecule has 0 aliphatic heterocycles. The summed E-state index contributed by atoms with van der Waals surface area (Å²) < 4.78 is 0. The molecule has 0 aromatic carbocycles. The van der Waals surface area contributed by atoms with Gasteiger partial charge in [-0.1, -0.05) is 128 Å². The van der Waals surface area contributed by atoms with E-state index < -0.39 is 0 Å². The van der Waals surface area contributed by atoms with Crippen LogP contribution in [0.2, 0.25) is 0 Å². The Balaban J connectivity index is 1.54. The predicted octanol–water partition coefficient (Wildman–Crippen LogP) is 13.5. The summed E-state index contributed by atoms with van der Waals surface area (Å²) in [4.78, 5) is 0. The lowest BCUT2D eigenvalue weighted by Crippen LogP contribution is -2.33. The van der Waals surface area contributed by atoms with E-state index in [2.05, 4.69) is 93.2 Å². The molecule has 0 aromatic heterocycles. The molecular weight excluding hydrogens is 480 g/mol. The number of hydrogen-bond acceptors (Lipinski definition) is 0. The fraction of sp³-hybridized carbons (Fsp3) is 0.800. The third-order valence-corrected chi connectivity index (χ3v) is 11.2. The van der Waals surface area contributed by atoms with Crippen LogP contribution in [0.3, 0.4) is 0 Å². The summed E-state index contributed by atoms with van der Waals surface area (Å²) in [5.74, 6) is 4.15. The maximum absolute atomic E-state index is 4.45. The second kappa shape index (κ2) is 17.2. The Hall–Kier alpha value is -1.04. The van der Waals surface area contributed by atoms with E-state index in [9.17, 15) is 0 Å². The van der Waals surface area contributed by atoms with Gasteiger partial charge in [0.2, 0.25) is 0 Å². The van der Waals surface area contributed by atoms with Gasteiger partial charge in [-0.25, -0.2) is 0 Å². The molecule has 2 rings (SSSR count). The van der Waals surface area contributed by atoms with Gasteiger partial charge >= 0.3 is 0 Å². The van der Waals surface area contributed by atoms with Crippen LogP contribution < -0.4 is 0 Å². The van der Waals surface area contributed by atoms with Crippen LogP contribution in [0.5, 0.6) is 0 Å². The number of hydrogen-bond donors (Lipinski definition) is 0. The summed E-state index contributed by atoms with van der Waals surface area (Å²) in [6.45, 7) is 26.4. The average molecular weight is 551 g/mol. The van der Waals surface area contributed by atoms with Crippen LogP contribution in [0, 0.1) is 40.4 Å². The molecule has 0 radical (unpaired) electrons. The molecule has 0 aromatic rings. The van der Waals surface area contributed by atoms with E-state index in [0.29, 0.717) is 16.7 Å². The number of unbranched alkanes of at least 4 members (excludes halogenated alkanes) is 1. The third-order valence-electron chi connectivity index (χ3n) is 11.2. The van der Waals surface area contributed by atoms with Crippen molar-refractivity contribution in [2.45, 2.75) is 165 Å². The van der Waals surface area contributed by atoms with Crippen molar-refractivity contribution < 1.29 is 0 Å². The van der Waals surface area contributed by atoms with Crippen molar-refractivity contribution in [3.8, 4) is 0 Å². The van der Waals surface area contributed by atoms with Crippen LogP contribution in [0.25, 0.3) is 0 Å². The number of allylic oxidation sites excluding steroid dienone is 7. The van der Waals surface area contributed by atoms with Crippen LogP contribution in [0.1, 0.15) is 165 Å². The van der Waals surface area contributed by atoms with Gasteiger partial charge < -0.3 is 0 Å². The first-order chi connectivity index (χ1) is 18.8. The normalized spacial score (nSPS) is 27.5. The Bertz CT molecular complexity index is 830. The predicted molar refractivity (Wildman–Crippen MR) is 182 cm³/mol. The lowest BCUT2D eigenvalue weighted by molar-refractivity contribution is 0.0767. The lowest BCUT2D eigenvalue weighted by atomic mass is 9.62. The molecule has 1 saturated carbocycles. The van der Waals surface area contributed by atoms with Gasteiger partial charge in [0.15, 0.2) is 0 Å². The van der Waals surface area contributed by atoms with Gasteiger partial charge in [0.05, 0.1) is 0 Å². The van der Waals surface area contributed by atoms with Gasteiger partial charge in [0.1, 0.15) is 0 Å². The van der Waals surface area contributed by atoms with Crippen LogP contribution in [-0.4, -0.2) is 0 Å². The molecule has 40 heavy (non-hydrogen) atoms. The largest absolute Gasteiger partial charge is 0.0999 e. The highest BCUT2D eigenvalue weighted by Crippen LogP contribution is 2.46. The zero-order valence-electron chi connectivity index (χ0n) is 28.7. The van der Waals surface area contributed by atoms with E-state index >= 15 is 0 Å². The van der Waals surface area contributed by atoms with Crippen LogP contribution >= 0.6 is 0 Å². The van der Waals surface area contributed by atoms with Gasteiger partial charge in [-0.15, -0.1) is 0 Å². The van der Waals surface area contributed by atoms with Crippen LogP contribution in [-0.2, 0) is 0 Å². The molecule has 0 unspecified atom stereocenters. The highest BCUT2D eigenvalue weighted by Gasteiger charge is 2.36. The van der Waals surface area contributed by atoms with Crippen molar-refractivity contribution in [1.82, 2.24) is 0 Å². The molecule has 2 aliphatic rings. The first-order valence-corrected chi connectivity index (χ1v) is 17.5. The molecular formula is C40H70. The standard InChI is InChI=1S/C40H70/c1-31(19-13-21-33(3)25-27-37-35(5)23-15-29-39(37,7)8)17-11-12-18-32(2)20-14-22-34(4)26-28-38-36(6)24-16-30-40(38,9)10/h15,20,22-23,31,35-38H,3,11-14,16-19,21,24-30H2,1-2,4-10H3/b32-20-,34-22-/t31-,35+,36-,37-,38+/m0/s1. The molecule has 0 N–H and O–H groups in total. The minimum absolute atomic E-state index is 0.441. The van der Waals surface area contributed by atoms with Gasteiger partial charge in [-0.2, -0.15) is 0 Å². The van der Waals surface area contributed by atoms with E-state index in [1.54, 1.807) is 11.1 Å². The highest BCUT2D eigenvalue weighted by atomic mass is 14.4. The van der Waals surface area contributed by atoms with Gasteiger partial charge in [0, 0.05) is 0 Å². The maximum Gasteiger partial charge on any atom is -0.0164 e. The maximum atomic E-state index is 4.45. The summed E-state index contributed by atoms with van der Waals surface area (Å²) >= 11 is 0. The molecule has 0 bridgehead atoms. The first kappa shape index (κ1) is 35.2. The summed E-state index contributed by atoms with van der Waals surface area (Å²) in [6.07, 6.45) is 30.9. The molecule has 0 heteroatoms. The van der Waals surface area contributed by atoms with E-state index in [0.717, 1.165) is 30.1 Å². The summed E-state index contributed by atoms with van der Waals surface area (Å²) in [5.41, 5.74) is 5.64. The average Bonchev–Trinajstić information content (AvgIpc) is 2.85. The molecule has 0 saturated heterocycles. The minimum atomic E-state index is 0.441. The van der Waals surface area contributed by atoms with E-state index in [1.807, 2.05) is 0 Å². The molecule has 5 atom stereocenters. The second-order valence-electron chi connectivity index (χ2n) is 16.0. The molecule has 0 heterocycles. The van der Waals surface area contributed by atoms with Gasteiger partial charge in [0.25, 0.3) is 0 Å². The SMILES string of the molecule is C=C(CCC[C@@H](C)CCCC/C(C)=C\C/C=C(/C)CC[C@@H]1[C@@H](C)CCCC1(C)C)CC[C@H]1[C@H](C)C=CCC1(C)C. The minimum Gasteiger partial charge on any atom is -0.0999 e. The van der Waals surface area contributed by atoms with Crippen LogP contribution in [0.15, 0.2) is 47.6 Å². The van der Waals surface area contributed by atoms with Crippen molar-refractivity contribution >= 4 is 0 Å². The second-order valence-corrected chi connectivity index (χ2v) is 16.0. The van der Waals surface area contributed by atoms with Crippen molar-refractivity contribution in [2.24, 2.45) is 40.4 Å². The van der Waals surface area contributed by atoms with Crippen molar-refractivity contribution in [3.63, 3.8) is 0 Å². The van der Waals surface area contributed by atoms with E-state index in [4.69, 9.17) is 0 Å². The smallest absolute Gasteiger partial charge is 0.0164 e. The fourth-order valence-electron chi connectivity index (χ4n) is 8.22. The van der Waals surface area contributed by atoms with Gasteiger partial charge in [-0.3, -0.25) is 0 Å². The Morgan fingerprint density at radius 3 is 2.17 bits per heavy atom. The molecule has 1 fully saturated rings. The quantitative estimate of drug-likeness (QED) is 0.125. The highest BCUT2D eigenvalue weighted by molar-refractivity contribution is 5.07. The first-order valence-electron chi connectivity index (χ1n) is 17.5. The molecule has 0 nitrogen and oxygen atoms in total. The molecule has 2 aliphatic carbocycles. The summed E-state index contributed by atoms with van der Waals surface area (Å²) in [6, 6.07) is 0. The zero-order chi connectivity index (χ0) is 29.8. The summed E-state index contributed by atoms with van der Waals surface area (Å²) in [5, 5.41) is 0. The molecule has 0 spiro atoms. The topological polar surface area (TPSA) is 0 Å². The van der Waals surface area contributed by atoms with E-state index in [1.165, 1.54) is 102 Å². The van der Waals surface area contributed by atoms with Crippen molar-refractivity contribution in [1.29, 1.82) is 0 Å². The Labute approximate surface area is 252 Å². The Kier molecular flexibility index (Phi) is 15.1. The Morgan fingerprint density at radius 1 is 0.850 bits per heavy atom. The molecule has 230 valence electrons. The Morgan fingerprint density at radius 2 is 1.50 bits per heavy atom. The monoisotopic (exact) mass is 551 g/mol. The van der Waals surface area contributed by atoms with Crippen molar-refractivity contribution in [2.75, 3.05) is 0 Å². The number of rotatable bonds is 17. The molecule has 0 amide bonds. The zero-order valence-corrected chi connectivity index (χ0v) is 28.7. The van der Waals surface area contributed by atoms with E-state index in [-0.39, 0.29) is 0 Å². The van der Waals surface area contributed by atoms with Gasteiger partial charge in [-0.05, 0) is 125 Å². The third kappa shape index (κ3) is 12.4. The summed E-state index contributed by atoms with van der Waals surface area (Å²) in [7, 11) is 0. The lowest BCUT2D eigenvalue weighted by Gasteiger charge is -2.43. The fourth-order valence-corrected chi connectivity index (χ4v) is 8.22.